The number of pyridine rings is 1. The maximum Gasteiger partial charge on any atom is 0.251 e. The van der Waals surface area contributed by atoms with Gasteiger partial charge in [-0.1, -0.05) is 6.07 Å². The van der Waals surface area contributed by atoms with Crippen LogP contribution in [0.25, 0.3) is 0 Å². The van der Waals surface area contributed by atoms with Crippen LogP contribution in [0.15, 0.2) is 40.6 Å². The molecule has 94 valence electrons. The Morgan fingerprint density at radius 3 is 3.00 bits per heavy atom. The van der Waals surface area contributed by atoms with Crippen LogP contribution in [-0.2, 0) is 6.42 Å². The summed E-state index contributed by atoms with van der Waals surface area (Å²) in [7, 11) is 0. The van der Waals surface area contributed by atoms with Crippen molar-refractivity contribution in [2.75, 3.05) is 0 Å². The molecule has 1 unspecified atom stereocenters. The van der Waals surface area contributed by atoms with E-state index in [1.807, 2.05) is 24.4 Å². The Bertz CT molecular complexity index is 575. The Kier molecular flexibility index (Phi) is 3.94. The van der Waals surface area contributed by atoms with Crippen LogP contribution in [0.3, 0.4) is 0 Å². The molecule has 4 nitrogen and oxygen atoms in total. The summed E-state index contributed by atoms with van der Waals surface area (Å²) in [4.78, 5) is 26.7. The van der Waals surface area contributed by atoms with Gasteiger partial charge in [-0.25, -0.2) is 0 Å². The molecule has 2 heterocycles. The van der Waals surface area contributed by atoms with E-state index >= 15 is 0 Å². The minimum absolute atomic E-state index is 0.0374. The number of carbonyl (C=O) groups excluding carboxylic acids is 1. The average molecular weight is 262 g/mol. The van der Waals surface area contributed by atoms with Gasteiger partial charge in [-0.3, -0.25) is 9.59 Å². The van der Waals surface area contributed by atoms with Gasteiger partial charge in [0, 0.05) is 35.2 Å². The van der Waals surface area contributed by atoms with Crippen LogP contribution in [-0.4, -0.2) is 16.9 Å². The Morgan fingerprint density at radius 1 is 1.50 bits per heavy atom. The fraction of sp³-hybridized carbons (Fsp3) is 0.231. The summed E-state index contributed by atoms with van der Waals surface area (Å²) in [6, 6.07) is 6.96. The standard InChI is InChI=1S/C13H14N2O2S/c1-9(7-11-3-2-6-18-11)15-13(17)10-4-5-14-12(16)8-10/h2-6,8-9H,7H2,1H3,(H,14,16)(H,15,17). The Balaban J connectivity index is 1.97. The quantitative estimate of drug-likeness (QED) is 0.882. The summed E-state index contributed by atoms with van der Waals surface area (Å²) in [5, 5.41) is 4.89. The van der Waals surface area contributed by atoms with Gasteiger partial charge >= 0.3 is 0 Å². The highest BCUT2D eigenvalue weighted by Crippen LogP contribution is 2.11. The molecular formula is C13H14N2O2S. The van der Waals surface area contributed by atoms with Gasteiger partial charge in [-0.15, -0.1) is 11.3 Å². The third kappa shape index (κ3) is 3.30. The van der Waals surface area contributed by atoms with Crippen molar-refractivity contribution in [2.24, 2.45) is 0 Å². The maximum absolute atomic E-state index is 11.9. The zero-order chi connectivity index (χ0) is 13.0. The molecule has 2 aromatic heterocycles. The molecule has 0 aliphatic rings. The summed E-state index contributed by atoms with van der Waals surface area (Å²) in [6.45, 7) is 1.95. The number of H-pyrrole nitrogens is 1. The minimum Gasteiger partial charge on any atom is -0.349 e. The molecule has 0 aliphatic carbocycles. The fourth-order valence-corrected chi connectivity index (χ4v) is 2.51. The topological polar surface area (TPSA) is 62.0 Å². The predicted molar refractivity (Wildman–Crippen MR) is 72.0 cm³/mol. The van der Waals surface area contributed by atoms with Gasteiger partial charge in [-0.2, -0.15) is 0 Å². The Hall–Kier alpha value is -1.88. The third-order valence-corrected chi connectivity index (χ3v) is 3.40. The third-order valence-electron chi connectivity index (χ3n) is 2.50. The summed E-state index contributed by atoms with van der Waals surface area (Å²) >= 11 is 1.67. The largest absolute Gasteiger partial charge is 0.349 e. The molecule has 0 spiro atoms. The van der Waals surface area contributed by atoms with Crippen molar-refractivity contribution in [1.82, 2.24) is 10.3 Å². The fourth-order valence-electron chi connectivity index (χ4n) is 1.67. The number of thiophene rings is 1. The summed E-state index contributed by atoms with van der Waals surface area (Å²) < 4.78 is 0. The van der Waals surface area contributed by atoms with Crippen molar-refractivity contribution >= 4 is 17.2 Å². The van der Waals surface area contributed by atoms with E-state index < -0.39 is 0 Å². The highest BCUT2D eigenvalue weighted by Gasteiger charge is 2.10. The zero-order valence-corrected chi connectivity index (χ0v) is 10.8. The number of aromatic amines is 1. The molecule has 0 aromatic carbocycles. The average Bonchev–Trinajstić information content (AvgIpc) is 2.81. The van der Waals surface area contributed by atoms with E-state index in [-0.39, 0.29) is 17.5 Å². The highest BCUT2D eigenvalue weighted by molar-refractivity contribution is 7.09. The van der Waals surface area contributed by atoms with Gasteiger partial charge in [0.05, 0.1) is 0 Å². The zero-order valence-electron chi connectivity index (χ0n) is 9.97. The molecule has 0 fully saturated rings. The van der Waals surface area contributed by atoms with Gasteiger partial charge in [0.15, 0.2) is 0 Å². The van der Waals surface area contributed by atoms with Crippen molar-refractivity contribution < 1.29 is 4.79 Å². The number of rotatable bonds is 4. The maximum atomic E-state index is 11.9. The van der Waals surface area contributed by atoms with Crippen LogP contribution in [0.1, 0.15) is 22.2 Å². The second-order valence-corrected chi connectivity index (χ2v) is 5.13. The summed E-state index contributed by atoms with van der Waals surface area (Å²) in [6.07, 6.45) is 2.27. The van der Waals surface area contributed by atoms with Crippen LogP contribution < -0.4 is 10.9 Å². The smallest absolute Gasteiger partial charge is 0.251 e. The lowest BCUT2D eigenvalue weighted by Gasteiger charge is -2.12. The number of carbonyl (C=O) groups is 1. The van der Waals surface area contributed by atoms with Crippen molar-refractivity contribution in [3.63, 3.8) is 0 Å². The normalized spacial score (nSPS) is 12.1. The molecule has 0 bridgehead atoms. The Morgan fingerprint density at radius 2 is 2.33 bits per heavy atom. The summed E-state index contributed by atoms with van der Waals surface area (Å²) in [5.41, 5.74) is 0.116. The molecular weight excluding hydrogens is 248 g/mol. The van der Waals surface area contributed by atoms with E-state index in [1.54, 1.807) is 17.4 Å². The lowest BCUT2D eigenvalue weighted by atomic mass is 10.2. The van der Waals surface area contributed by atoms with E-state index in [1.165, 1.54) is 17.1 Å². The lowest BCUT2D eigenvalue weighted by Crippen LogP contribution is -2.34. The second kappa shape index (κ2) is 5.64. The lowest BCUT2D eigenvalue weighted by molar-refractivity contribution is 0.0940. The van der Waals surface area contributed by atoms with Gasteiger partial charge in [0.2, 0.25) is 5.56 Å². The molecule has 0 saturated heterocycles. The van der Waals surface area contributed by atoms with E-state index in [0.717, 1.165) is 6.42 Å². The van der Waals surface area contributed by atoms with Crippen LogP contribution in [0.4, 0.5) is 0 Å². The molecule has 1 atom stereocenters. The first kappa shape index (κ1) is 12.6. The molecule has 0 radical (unpaired) electrons. The van der Waals surface area contributed by atoms with E-state index in [9.17, 15) is 9.59 Å². The highest BCUT2D eigenvalue weighted by atomic mass is 32.1. The van der Waals surface area contributed by atoms with Gasteiger partial charge in [-0.05, 0) is 24.4 Å². The van der Waals surface area contributed by atoms with Crippen LogP contribution in [0.2, 0.25) is 0 Å². The molecule has 1 amide bonds. The Labute approximate surface area is 109 Å². The van der Waals surface area contributed by atoms with Crippen molar-refractivity contribution in [3.05, 3.63) is 56.6 Å². The van der Waals surface area contributed by atoms with Crippen molar-refractivity contribution in [1.29, 1.82) is 0 Å². The molecule has 0 saturated carbocycles. The first-order valence-corrected chi connectivity index (χ1v) is 6.55. The minimum atomic E-state index is -0.270. The monoisotopic (exact) mass is 262 g/mol. The van der Waals surface area contributed by atoms with Crippen LogP contribution >= 0.6 is 11.3 Å². The number of nitrogens with one attached hydrogen (secondary N) is 2. The second-order valence-electron chi connectivity index (χ2n) is 4.10. The SMILES string of the molecule is CC(Cc1cccs1)NC(=O)c1cc[nH]c(=O)c1. The summed E-state index contributed by atoms with van der Waals surface area (Å²) in [5.74, 6) is -0.217. The van der Waals surface area contributed by atoms with E-state index in [2.05, 4.69) is 10.3 Å². The van der Waals surface area contributed by atoms with E-state index in [0.29, 0.717) is 5.56 Å². The van der Waals surface area contributed by atoms with E-state index in [4.69, 9.17) is 0 Å². The molecule has 5 heteroatoms. The molecule has 18 heavy (non-hydrogen) atoms. The van der Waals surface area contributed by atoms with Crippen LogP contribution in [0, 0.1) is 0 Å². The van der Waals surface area contributed by atoms with Crippen molar-refractivity contribution in [3.8, 4) is 0 Å². The molecule has 0 aliphatic heterocycles. The molecule has 2 rings (SSSR count). The number of aromatic nitrogens is 1. The first-order chi connectivity index (χ1) is 8.65. The van der Waals surface area contributed by atoms with Crippen molar-refractivity contribution in [2.45, 2.75) is 19.4 Å². The van der Waals surface area contributed by atoms with Crippen LogP contribution in [0.5, 0.6) is 0 Å². The molecule has 2 aromatic rings. The molecule has 2 N–H and O–H groups in total. The number of amides is 1. The predicted octanol–water partition coefficient (Wildman–Crippen LogP) is 1.80. The number of hydrogen-bond acceptors (Lipinski definition) is 3. The van der Waals surface area contributed by atoms with Gasteiger partial charge in [0.1, 0.15) is 0 Å². The first-order valence-electron chi connectivity index (χ1n) is 5.67. The number of hydrogen-bond donors (Lipinski definition) is 2. The van der Waals surface area contributed by atoms with Gasteiger partial charge in [0.25, 0.3) is 5.91 Å². The van der Waals surface area contributed by atoms with Gasteiger partial charge < -0.3 is 10.3 Å².